The number of nitrogens with zero attached hydrogens (tertiary/aromatic N) is 4. The van der Waals surface area contributed by atoms with Crippen LogP contribution in [0, 0.1) is 13.8 Å². The number of ketones is 1. The second kappa shape index (κ2) is 8.13. The third-order valence-corrected chi connectivity index (χ3v) is 4.86. The summed E-state index contributed by atoms with van der Waals surface area (Å²) in [7, 11) is 0. The van der Waals surface area contributed by atoms with Gasteiger partial charge in [-0.25, -0.2) is 0 Å². The zero-order chi connectivity index (χ0) is 19.4. The molecule has 7 nitrogen and oxygen atoms in total. The summed E-state index contributed by atoms with van der Waals surface area (Å²) in [5, 5.41) is 15.2. The van der Waals surface area contributed by atoms with Gasteiger partial charge in [-0.15, -0.1) is 5.10 Å². The van der Waals surface area contributed by atoms with Crippen LogP contribution >= 0.6 is 11.8 Å². The van der Waals surface area contributed by atoms with Crippen molar-refractivity contribution < 1.29 is 9.59 Å². The van der Waals surface area contributed by atoms with E-state index in [1.807, 2.05) is 32.0 Å². The standard InChI is InChI=1S/C19H19N5O2S/c1-12-4-5-13(2)17(10-12)24-19(21-22-23-24)27-11-18(26)20-16-8-6-15(7-9-16)14(3)25/h4-10H,11H2,1-3H3,(H,20,26). The third-order valence-electron chi connectivity index (χ3n) is 3.94. The predicted octanol–water partition coefficient (Wildman–Crippen LogP) is 3.21. The summed E-state index contributed by atoms with van der Waals surface area (Å²) in [5.74, 6) is -0.0209. The molecular formula is C19H19N5O2S. The van der Waals surface area contributed by atoms with Crippen molar-refractivity contribution in [3.8, 4) is 5.69 Å². The van der Waals surface area contributed by atoms with E-state index in [0.717, 1.165) is 16.8 Å². The first-order chi connectivity index (χ1) is 12.9. The van der Waals surface area contributed by atoms with Crippen molar-refractivity contribution in [3.05, 3.63) is 59.2 Å². The van der Waals surface area contributed by atoms with Crippen molar-refractivity contribution in [1.29, 1.82) is 0 Å². The lowest BCUT2D eigenvalue weighted by atomic mass is 10.1. The number of Topliss-reactive ketones (excluding diaryl/α,β-unsaturated/α-hetero) is 1. The van der Waals surface area contributed by atoms with Crippen molar-refractivity contribution >= 4 is 29.1 Å². The summed E-state index contributed by atoms with van der Waals surface area (Å²) in [6.45, 7) is 5.50. The number of benzene rings is 2. The number of rotatable bonds is 6. The van der Waals surface area contributed by atoms with Crippen molar-refractivity contribution in [3.63, 3.8) is 0 Å². The Labute approximate surface area is 161 Å². The molecule has 0 aliphatic carbocycles. The second-order valence-corrected chi connectivity index (χ2v) is 7.08. The molecule has 1 N–H and O–H groups in total. The Bertz CT molecular complexity index is 982. The van der Waals surface area contributed by atoms with Gasteiger partial charge in [0.25, 0.3) is 0 Å². The number of thioether (sulfide) groups is 1. The molecule has 1 heterocycles. The molecule has 138 valence electrons. The predicted molar refractivity (Wildman–Crippen MR) is 104 cm³/mol. The minimum atomic E-state index is -0.175. The number of anilines is 1. The average Bonchev–Trinajstić information content (AvgIpc) is 3.11. The molecule has 0 radical (unpaired) electrons. The first-order valence-electron chi connectivity index (χ1n) is 8.33. The van der Waals surface area contributed by atoms with E-state index in [1.165, 1.54) is 18.7 Å². The van der Waals surface area contributed by atoms with Gasteiger partial charge < -0.3 is 5.32 Å². The maximum atomic E-state index is 12.2. The summed E-state index contributed by atoms with van der Waals surface area (Å²) in [5.41, 5.74) is 4.29. The van der Waals surface area contributed by atoms with E-state index < -0.39 is 0 Å². The van der Waals surface area contributed by atoms with Gasteiger partial charge in [-0.3, -0.25) is 9.59 Å². The van der Waals surface area contributed by atoms with Crippen molar-refractivity contribution in [2.24, 2.45) is 0 Å². The van der Waals surface area contributed by atoms with Gasteiger partial charge in [0.2, 0.25) is 11.1 Å². The molecule has 0 aliphatic rings. The number of nitrogens with one attached hydrogen (secondary N) is 1. The number of tetrazole rings is 1. The quantitative estimate of drug-likeness (QED) is 0.521. The van der Waals surface area contributed by atoms with Gasteiger partial charge in [0.05, 0.1) is 11.4 Å². The van der Waals surface area contributed by atoms with E-state index >= 15 is 0 Å². The van der Waals surface area contributed by atoms with Crippen LogP contribution in [0.15, 0.2) is 47.6 Å². The highest BCUT2D eigenvalue weighted by Gasteiger charge is 2.13. The Morgan fingerprint density at radius 3 is 2.56 bits per heavy atom. The minimum absolute atomic E-state index is 0.0123. The van der Waals surface area contributed by atoms with E-state index in [9.17, 15) is 9.59 Å². The zero-order valence-corrected chi connectivity index (χ0v) is 16.1. The molecular weight excluding hydrogens is 362 g/mol. The molecule has 0 saturated heterocycles. The van der Waals surface area contributed by atoms with Gasteiger partial charge >= 0.3 is 0 Å². The molecule has 0 spiro atoms. The first kappa shape index (κ1) is 18.8. The number of carbonyl (C=O) groups is 2. The fourth-order valence-electron chi connectivity index (χ4n) is 2.48. The molecule has 0 bridgehead atoms. The van der Waals surface area contributed by atoms with Crippen LogP contribution in [0.5, 0.6) is 0 Å². The fourth-order valence-corrected chi connectivity index (χ4v) is 3.17. The number of hydrogen-bond donors (Lipinski definition) is 1. The van der Waals surface area contributed by atoms with Crippen LogP contribution < -0.4 is 5.32 Å². The smallest absolute Gasteiger partial charge is 0.234 e. The highest BCUT2D eigenvalue weighted by Crippen LogP contribution is 2.22. The maximum Gasteiger partial charge on any atom is 0.234 e. The van der Waals surface area contributed by atoms with Crippen LogP contribution in [0.25, 0.3) is 5.69 Å². The molecule has 0 aliphatic heterocycles. The molecule has 0 unspecified atom stereocenters. The van der Waals surface area contributed by atoms with Gasteiger partial charge in [0.15, 0.2) is 5.78 Å². The van der Waals surface area contributed by atoms with E-state index in [0.29, 0.717) is 16.4 Å². The molecule has 27 heavy (non-hydrogen) atoms. The van der Waals surface area contributed by atoms with Crippen LogP contribution in [-0.2, 0) is 4.79 Å². The highest BCUT2D eigenvalue weighted by molar-refractivity contribution is 7.99. The Morgan fingerprint density at radius 2 is 1.85 bits per heavy atom. The molecule has 0 saturated carbocycles. The number of aromatic nitrogens is 4. The highest BCUT2D eigenvalue weighted by atomic mass is 32.2. The van der Waals surface area contributed by atoms with Crippen molar-refractivity contribution in [2.75, 3.05) is 11.1 Å². The van der Waals surface area contributed by atoms with Gasteiger partial charge in [0.1, 0.15) is 0 Å². The van der Waals surface area contributed by atoms with E-state index in [1.54, 1.807) is 28.9 Å². The third kappa shape index (κ3) is 4.59. The Kier molecular flexibility index (Phi) is 5.66. The lowest BCUT2D eigenvalue weighted by Crippen LogP contribution is -2.14. The summed E-state index contributed by atoms with van der Waals surface area (Å²) < 4.78 is 1.64. The Morgan fingerprint density at radius 1 is 1.11 bits per heavy atom. The number of aryl methyl sites for hydroxylation is 2. The van der Waals surface area contributed by atoms with Crippen molar-refractivity contribution in [2.45, 2.75) is 25.9 Å². The van der Waals surface area contributed by atoms with Gasteiger partial charge in [-0.1, -0.05) is 23.9 Å². The molecule has 2 aromatic carbocycles. The summed E-state index contributed by atoms with van der Waals surface area (Å²) in [6, 6.07) is 12.8. The number of carbonyl (C=O) groups excluding carboxylic acids is 2. The number of amides is 1. The largest absolute Gasteiger partial charge is 0.325 e. The van der Waals surface area contributed by atoms with Gasteiger partial charge in [-0.05, 0) is 72.7 Å². The summed E-state index contributed by atoms with van der Waals surface area (Å²) in [6.07, 6.45) is 0. The average molecular weight is 381 g/mol. The molecule has 3 rings (SSSR count). The summed E-state index contributed by atoms with van der Waals surface area (Å²) >= 11 is 1.26. The van der Waals surface area contributed by atoms with Crippen LogP contribution in [-0.4, -0.2) is 37.7 Å². The number of hydrogen-bond acceptors (Lipinski definition) is 6. The topological polar surface area (TPSA) is 89.8 Å². The van der Waals surface area contributed by atoms with E-state index in [-0.39, 0.29) is 17.4 Å². The summed E-state index contributed by atoms with van der Waals surface area (Å²) in [4.78, 5) is 23.5. The van der Waals surface area contributed by atoms with Crippen LogP contribution in [0.4, 0.5) is 5.69 Å². The molecule has 0 fully saturated rings. The lowest BCUT2D eigenvalue weighted by Gasteiger charge is -2.09. The second-order valence-electron chi connectivity index (χ2n) is 6.13. The SMILES string of the molecule is CC(=O)c1ccc(NC(=O)CSc2nnnn2-c2cc(C)ccc2C)cc1. The lowest BCUT2D eigenvalue weighted by molar-refractivity contribution is -0.113. The van der Waals surface area contributed by atoms with E-state index in [4.69, 9.17) is 0 Å². The van der Waals surface area contributed by atoms with Gasteiger partial charge in [-0.2, -0.15) is 4.68 Å². The normalized spacial score (nSPS) is 10.6. The minimum Gasteiger partial charge on any atom is -0.325 e. The van der Waals surface area contributed by atoms with Gasteiger partial charge in [0, 0.05) is 11.3 Å². The van der Waals surface area contributed by atoms with E-state index in [2.05, 4.69) is 20.8 Å². The molecule has 0 atom stereocenters. The molecule has 8 heteroatoms. The van der Waals surface area contributed by atoms with Crippen LogP contribution in [0.3, 0.4) is 0 Å². The fraction of sp³-hybridized carbons (Fsp3) is 0.211. The van der Waals surface area contributed by atoms with Crippen molar-refractivity contribution in [1.82, 2.24) is 20.2 Å². The molecule has 1 aromatic heterocycles. The van der Waals surface area contributed by atoms with Crippen LogP contribution in [0.1, 0.15) is 28.4 Å². The molecule has 3 aromatic rings. The first-order valence-corrected chi connectivity index (χ1v) is 9.32. The maximum absolute atomic E-state index is 12.2. The monoisotopic (exact) mass is 381 g/mol. The Hall–Kier alpha value is -3.00. The molecule has 1 amide bonds. The van der Waals surface area contributed by atoms with Crippen LogP contribution in [0.2, 0.25) is 0 Å². The zero-order valence-electron chi connectivity index (χ0n) is 15.3. The Balaban J connectivity index is 1.65.